The largest absolute Gasteiger partial charge is 0.482 e. The van der Waals surface area contributed by atoms with Gasteiger partial charge in [-0.2, -0.15) is 0 Å². The molecule has 3 N–H and O–H groups in total. The molecule has 0 saturated heterocycles. The van der Waals surface area contributed by atoms with Crippen LogP contribution in [0, 0.1) is 6.92 Å². The number of amides is 1. The molecule has 0 aromatic heterocycles. The first-order valence-corrected chi connectivity index (χ1v) is 8.54. The normalized spacial score (nSPS) is 10.3. The van der Waals surface area contributed by atoms with Crippen molar-refractivity contribution in [2.45, 2.75) is 20.3 Å². The first-order chi connectivity index (χ1) is 12.4. The van der Waals surface area contributed by atoms with Crippen molar-refractivity contribution in [1.29, 1.82) is 0 Å². The Morgan fingerprint density at radius 2 is 2.00 bits per heavy atom. The number of nitrogens with one attached hydrogen (secondary N) is 1. The lowest BCUT2D eigenvalue weighted by Gasteiger charge is -2.12. The van der Waals surface area contributed by atoms with Crippen LogP contribution in [-0.2, 0) is 9.53 Å². The summed E-state index contributed by atoms with van der Waals surface area (Å²) in [5.74, 6) is -0.585. The number of ether oxygens (including phenoxy) is 2. The van der Waals surface area contributed by atoms with Crippen LogP contribution in [0.15, 0.2) is 36.4 Å². The highest BCUT2D eigenvalue weighted by molar-refractivity contribution is 6.31. The van der Waals surface area contributed by atoms with Gasteiger partial charge in [0, 0.05) is 10.7 Å². The van der Waals surface area contributed by atoms with Crippen molar-refractivity contribution < 1.29 is 19.1 Å². The van der Waals surface area contributed by atoms with Crippen LogP contribution in [-0.4, -0.2) is 25.1 Å². The minimum absolute atomic E-state index is 0.244. The quantitative estimate of drug-likeness (QED) is 0.566. The van der Waals surface area contributed by atoms with E-state index in [-0.39, 0.29) is 18.3 Å². The smallest absolute Gasteiger partial charge is 0.338 e. The summed E-state index contributed by atoms with van der Waals surface area (Å²) in [6.07, 6.45) is 0.729. The van der Waals surface area contributed by atoms with Crippen molar-refractivity contribution in [3.8, 4) is 5.75 Å². The molecule has 0 radical (unpaired) electrons. The third kappa shape index (κ3) is 5.13. The number of carbonyl (C=O) groups is 2. The molecular formula is C19H21ClN2O4. The Kier molecular flexibility index (Phi) is 6.86. The summed E-state index contributed by atoms with van der Waals surface area (Å²) in [7, 11) is 0. The summed E-state index contributed by atoms with van der Waals surface area (Å²) in [6.45, 7) is 3.79. The monoisotopic (exact) mass is 376 g/mol. The molecule has 0 aliphatic heterocycles. The lowest BCUT2D eigenvalue weighted by molar-refractivity contribution is -0.118. The first-order valence-electron chi connectivity index (χ1n) is 8.16. The molecule has 0 saturated carbocycles. The van der Waals surface area contributed by atoms with Crippen molar-refractivity contribution in [3.63, 3.8) is 0 Å². The number of esters is 1. The molecule has 2 rings (SSSR count). The molecule has 0 aliphatic rings. The minimum Gasteiger partial charge on any atom is -0.482 e. The second-order valence-electron chi connectivity index (χ2n) is 5.64. The van der Waals surface area contributed by atoms with Gasteiger partial charge in [0.15, 0.2) is 6.61 Å². The molecule has 0 bridgehead atoms. The fourth-order valence-electron chi connectivity index (χ4n) is 2.14. The Labute approximate surface area is 157 Å². The van der Waals surface area contributed by atoms with Crippen LogP contribution >= 0.6 is 11.6 Å². The minimum atomic E-state index is -0.462. The lowest BCUT2D eigenvalue weighted by Crippen LogP contribution is -2.21. The highest BCUT2D eigenvalue weighted by Gasteiger charge is 2.12. The number of benzene rings is 2. The van der Waals surface area contributed by atoms with E-state index in [4.69, 9.17) is 26.8 Å². The van der Waals surface area contributed by atoms with E-state index in [0.717, 1.165) is 12.0 Å². The second kappa shape index (κ2) is 9.10. The molecule has 1 amide bonds. The van der Waals surface area contributed by atoms with E-state index >= 15 is 0 Å². The maximum atomic E-state index is 12.1. The summed E-state index contributed by atoms with van der Waals surface area (Å²) in [6, 6.07) is 9.79. The average Bonchev–Trinajstić information content (AvgIpc) is 2.62. The fourth-order valence-corrected chi connectivity index (χ4v) is 2.31. The van der Waals surface area contributed by atoms with Gasteiger partial charge in [0.2, 0.25) is 0 Å². The van der Waals surface area contributed by atoms with Gasteiger partial charge in [-0.05, 0) is 49.2 Å². The number of hydrogen-bond acceptors (Lipinski definition) is 5. The number of nitrogens with two attached hydrogens (primary N) is 1. The van der Waals surface area contributed by atoms with Crippen LogP contribution in [0.5, 0.6) is 5.75 Å². The lowest BCUT2D eigenvalue weighted by atomic mass is 10.2. The van der Waals surface area contributed by atoms with E-state index < -0.39 is 5.97 Å². The van der Waals surface area contributed by atoms with Gasteiger partial charge in [-0.15, -0.1) is 0 Å². The van der Waals surface area contributed by atoms with Crippen LogP contribution in [0.3, 0.4) is 0 Å². The summed E-state index contributed by atoms with van der Waals surface area (Å²) in [4.78, 5) is 24.0. The van der Waals surface area contributed by atoms with Crippen LogP contribution in [0.1, 0.15) is 29.3 Å². The van der Waals surface area contributed by atoms with E-state index in [2.05, 4.69) is 5.32 Å². The van der Waals surface area contributed by atoms with Gasteiger partial charge in [0.25, 0.3) is 5.91 Å². The van der Waals surface area contributed by atoms with Gasteiger partial charge in [-0.25, -0.2) is 4.79 Å². The molecule has 0 atom stereocenters. The second-order valence-corrected chi connectivity index (χ2v) is 6.04. The molecule has 2 aromatic rings. The summed E-state index contributed by atoms with van der Waals surface area (Å²) in [5, 5.41) is 3.29. The van der Waals surface area contributed by atoms with Crippen LogP contribution < -0.4 is 15.8 Å². The molecule has 138 valence electrons. The maximum Gasteiger partial charge on any atom is 0.338 e. The molecule has 0 heterocycles. The zero-order valence-corrected chi connectivity index (χ0v) is 15.4. The molecule has 6 nitrogen and oxygen atoms in total. The standard InChI is InChI=1S/C19H21ClN2O4/c1-3-9-25-19(24)13-7-8-15(21)17(10-13)26-11-18(23)22-16-6-4-5-14(20)12(16)2/h4-8,10H,3,9,11,21H2,1-2H3,(H,22,23). The van der Waals surface area contributed by atoms with Crippen molar-refractivity contribution in [2.24, 2.45) is 0 Å². The van der Waals surface area contributed by atoms with Crippen LogP contribution in [0.2, 0.25) is 5.02 Å². The van der Waals surface area contributed by atoms with Gasteiger partial charge < -0.3 is 20.5 Å². The van der Waals surface area contributed by atoms with Crippen LogP contribution in [0.25, 0.3) is 0 Å². The number of hydrogen-bond donors (Lipinski definition) is 2. The Hall–Kier alpha value is -2.73. The molecule has 7 heteroatoms. The first kappa shape index (κ1) is 19.6. The van der Waals surface area contributed by atoms with E-state index in [9.17, 15) is 9.59 Å². The zero-order valence-electron chi connectivity index (χ0n) is 14.7. The topological polar surface area (TPSA) is 90.7 Å². The molecular weight excluding hydrogens is 356 g/mol. The SMILES string of the molecule is CCCOC(=O)c1ccc(N)c(OCC(=O)Nc2cccc(Cl)c2C)c1. The maximum absolute atomic E-state index is 12.1. The number of nitrogen functional groups attached to an aromatic ring is 1. The number of rotatable bonds is 7. The number of halogens is 1. The van der Waals surface area contributed by atoms with Crippen LogP contribution in [0.4, 0.5) is 11.4 Å². The van der Waals surface area contributed by atoms with E-state index in [0.29, 0.717) is 28.6 Å². The van der Waals surface area contributed by atoms with Crippen molar-refractivity contribution in [2.75, 3.05) is 24.3 Å². The number of anilines is 2. The highest BCUT2D eigenvalue weighted by Crippen LogP contribution is 2.25. The Balaban J connectivity index is 2.01. The molecule has 0 fully saturated rings. The van der Waals surface area contributed by atoms with Crippen molar-refractivity contribution in [3.05, 3.63) is 52.5 Å². The molecule has 0 unspecified atom stereocenters. The van der Waals surface area contributed by atoms with Crippen molar-refractivity contribution >= 4 is 34.9 Å². The third-order valence-corrected chi connectivity index (χ3v) is 4.00. The van der Waals surface area contributed by atoms with Gasteiger partial charge in [-0.3, -0.25) is 4.79 Å². The Bertz CT molecular complexity index is 808. The summed E-state index contributed by atoms with van der Waals surface area (Å²) < 4.78 is 10.5. The average molecular weight is 377 g/mol. The number of carbonyl (C=O) groups excluding carboxylic acids is 2. The van der Waals surface area contributed by atoms with E-state index in [1.807, 2.05) is 13.8 Å². The zero-order chi connectivity index (χ0) is 19.1. The summed E-state index contributed by atoms with van der Waals surface area (Å²) in [5.41, 5.74) is 7.86. The van der Waals surface area contributed by atoms with Gasteiger partial charge in [0.1, 0.15) is 5.75 Å². The highest BCUT2D eigenvalue weighted by atomic mass is 35.5. The Morgan fingerprint density at radius 1 is 1.23 bits per heavy atom. The molecule has 0 spiro atoms. The Morgan fingerprint density at radius 3 is 2.73 bits per heavy atom. The summed E-state index contributed by atoms with van der Waals surface area (Å²) >= 11 is 6.03. The predicted octanol–water partition coefficient (Wildman–Crippen LogP) is 3.81. The van der Waals surface area contributed by atoms with Gasteiger partial charge >= 0.3 is 5.97 Å². The van der Waals surface area contributed by atoms with Gasteiger partial charge in [-0.1, -0.05) is 24.6 Å². The van der Waals surface area contributed by atoms with E-state index in [1.54, 1.807) is 24.3 Å². The predicted molar refractivity (Wildman–Crippen MR) is 102 cm³/mol. The molecule has 0 aliphatic carbocycles. The van der Waals surface area contributed by atoms with Crippen molar-refractivity contribution in [1.82, 2.24) is 0 Å². The fraction of sp³-hybridized carbons (Fsp3) is 0.263. The molecule has 2 aromatic carbocycles. The molecule has 26 heavy (non-hydrogen) atoms. The van der Waals surface area contributed by atoms with E-state index in [1.165, 1.54) is 12.1 Å². The van der Waals surface area contributed by atoms with Gasteiger partial charge in [0.05, 0.1) is 17.9 Å². The third-order valence-electron chi connectivity index (χ3n) is 3.59.